The summed E-state index contributed by atoms with van der Waals surface area (Å²) in [6, 6.07) is -0.501. The molecule has 1 atom stereocenters. The van der Waals surface area contributed by atoms with Crippen molar-refractivity contribution in [2.45, 2.75) is 32.4 Å². The first-order chi connectivity index (χ1) is 6.32. The van der Waals surface area contributed by atoms with Gasteiger partial charge in [0.2, 0.25) is 5.91 Å². The van der Waals surface area contributed by atoms with Crippen LogP contribution in [0.2, 0.25) is 0 Å². The number of amides is 1. The summed E-state index contributed by atoms with van der Waals surface area (Å²) in [6.45, 7) is 5.29. The highest BCUT2D eigenvalue weighted by atomic mass is 16.1. The van der Waals surface area contributed by atoms with Gasteiger partial charge >= 0.3 is 0 Å². The van der Waals surface area contributed by atoms with Crippen LogP contribution in [0.1, 0.15) is 32.5 Å². The van der Waals surface area contributed by atoms with Gasteiger partial charge < -0.3 is 11.5 Å². The van der Waals surface area contributed by atoms with Gasteiger partial charge in [0.25, 0.3) is 0 Å². The third-order valence-corrected chi connectivity index (χ3v) is 1.98. The lowest BCUT2D eigenvalue weighted by Crippen LogP contribution is -2.29. The van der Waals surface area contributed by atoms with Crippen LogP contribution in [0.3, 0.4) is 0 Å². The number of primary amides is 1. The largest absolute Gasteiger partial charge is 0.368 e. The Balaban J connectivity index is 2.94. The molecule has 1 amide bonds. The lowest BCUT2D eigenvalue weighted by Gasteiger charge is -2.13. The number of nitrogens with zero attached hydrogens (tertiary/aromatic N) is 3. The molecular weight excluding hydrogens is 182 g/mol. The predicted octanol–water partition coefficient (Wildman–Crippen LogP) is -0.482. The summed E-state index contributed by atoms with van der Waals surface area (Å²) in [6.07, 6.45) is 1.63. The van der Waals surface area contributed by atoms with Crippen molar-refractivity contribution in [3.05, 3.63) is 11.9 Å². The van der Waals surface area contributed by atoms with Gasteiger partial charge in [0.1, 0.15) is 11.7 Å². The minimum absolute atomic E-state index is 0.448. The molecule has 0 bridgehead atoms. The van der Waals surface area contributed by atoms with Crippen molar-refractivity contribution in [3.63, 3.8) is 0 Å². The molecule has 0 saturated carbocycles. The molecule has 0 aliphatic rings. The number of nitrogens with two attached hydrogens (primary N) is 2. The minimum Gasteiger partial charge on any atom is -0.368 e. The van der Waals surface area contributed by atoms with Gasteiger partial charge in [-0.15, -0.1) is 5.10 Å². The van der Waals surface area contributed by atoms with Crippen LogP contribution in [0.5, 0.6) is 0 Å². The number of aromatic nitrogens is 3. The fourth-order valence-corrected chi connectivity index (χ4v) is 0.892. The van der Waals surface area contributed by atoms with E-state index >= 15 is 0 Å². The molecule has 1 heterocycles. The van der Waals surface area contributed by atoms with Crippen LogP contribution in [-0.2, 0) is 10.3 Å². The van der Waals surface area contributed by atoms with Crippen LogP contribution < -0.4 is 11.5 Å². The molecule has 4 N–H and O–H groups in total. The fraction of sp³-hybridized carbons (Fsp3) is 0.625. The highest BCUT2D eigenvalue weighted by Crippen LogP contribution is 2.14. The zero-order valence-electron chi connectivity index (χ0n) is 8.56. The second kappa shape index (κ2) is 3.38. The number of carbonyl (C=O) groups is 1. The van der Waals surface area contributed by atoms with E-state index in [4.69, 9.17) is 11.5 Å². The lowest BCUT2D eigenvalue weighted by molar-refractivity contribution is -0.120. The molecule has 0 saturated heterocycles. The highest BCUT2D eigenvalue weighted by Gasteiger charge is 2.20. The van der Waals surface area contributed by atoms with Gasteiger partial charge in [0.05, 0.1) is 11.7 Å². The van der Waals surface area contributed by atoms with E-state index in [1.165, 1.54) is 4.68 Å². The molecule has 78 valence electrons. The van der Waals surface area contributed by atoms with Gasteiger partial charge in [-0.05, 0) is 20.8 Å². The molecule has 0 aromatic carbocycles. The van der Waals surface area contributed by atoms with E-state index in [9.17, 15) is 4.79 Å². The molecule has 0 aliphatic heterocycles. The van der Waals surface area contributed by atoms with Crippen LogP contribution >= 0.6 is 0 Å². The van der Waals surface area contributed by atoms with Gasteiger partial charge in [0.15, 0.2) is 0 Å². The second-order valence-corrected chi connectivity index (χ2v) is 3.88. The van der Waals surface area contributed by atoms with E-state index in [1.807, 2.05) is 13.8 Å². The van der Waals surface area contributed by atoms with Crippen molar-refractivity contribution in [2.75, 3.05) is 0 Å². The zero-order chi connectivity index (χ0) is 10.9. The smallest absolute Gasteiger partial charge is 0.242 e. The first kappa shape index (κ1) is 10.6. The maximum Gasteiger partial charge on any atom is 0.242 e. The average Bonchev–Trinajstić information content (AvgIpc) is 2.49. The SMILES string of the molecule is CC(C(N)=O)n1cc(C(C)(C)N)nn1. The maximum atomic E-state index is 10.9. The van der Waals surface area contributed by atoms with Gasteiger partial charge in [-0.2, -0.15) is 0 Å². The molecule has 0 aliphatic carbocycles. The summed E-state index contributed by atoms with van der Waals surface area (Å²) < 4.78 is 1.41. The predicted molar refractivity (Wildman–Crippen MR) is 51.1 cm³/mol. The van der Waals surface area contributed by atoms with Crippen molar-refractivity contribution < 1.29 is 4.79 Å². The third-order valence-electron chi connectivity index (χ3n) is 1.98. The average molecular weight is 197 g/mol. The lowest BCUT2D eigenvalue weighted by atomic mass is 10.0. The Bertz CT molecular complexity index is 338. The van der Waals surface area contributed by atoms with Crippen molar-refractivity contribution in [2.24, 2.45) is 11.5 Å². The molecule has 6 heteroatoms. The second-order valence-electron chi connectivity index (χ2n) is 3.88. The molecule has 0 radical (unpaired) electrons. The highest BCUT2D eigenvalue weighted by molar-refractivity contribution is 5.77. The van der Waals surface area contributed by atoms with Crippen LogP contribution in [0.4, 0.5) is 0 Å². The molecule has 1 unspecified atom stereocenters. The topological polar surface area (TPSA) is 99.8 Å². The molecule has 0 fully saturated rings. The zero-order valence-corrected chi connectivity index (χ0v) is 8.56. The maximum absolute atomic E-state index is 10.9. The number of hydrogen-bond acceptors (Lipinski definition) is 4. The number of hydrogen-bond donors (Lipinski definition) is 2. The fourth-order valence-electron chi connectivity index (χ4n) is 0.892. The third kappa shape index (κ3) is 2.08. The Kier molecular flexibility index (Phi) is 2.57. The molecular formula is C8H15N5O. The number of rotatable bonds is 3. The van der Waals surface area contributed by atoms with Crippen LogP contribution in [0.25, 0.3) is 0 Å². The Morgan fingerprint density at radius 2 is 2.21 bits per heavy atom. The van der Waals surface area contributed by atoms with Crippen molar-refractivity contribution >= 4 is 5.91 Å². The summed E-state index contributed by atoms with van der Waals surface area (Å²) in [5.41, 5.74) is 11.0. The van der Waals surface area contributed by atoms with E-state index in [1.54, 1.807) is 13.1 Å². The summed E-state index contributed by atoms with van der Waals surface area (Å²) in [5.74, 6) is -0.448. The van der Waals surface area contributed by atoms with Crippen molar-refractivity contribution in [1.82, 2.24) is 15.0 Å². The summed E-state index contributed by atoms with van der Waals surface area (Å²) in [7, 11) is 0. The van der Waals surface area contributed by atoms with E-state index in [2.05, 4.69) is 10.3 Å². The van der Waals surface area contributed by atoms with E-state index in [0.29, 0.717) is 5.69 Å². The molecule has 14 heavy (non-hydrogen) atoms. The minimum atomic E-state index is -0.560. The van der Waals surface area contributed by atoms with E-state index < -0.39 is 17.5 Å². The molecule has 1 aromatic rings. The first-order valence-electron chi connectivity index (χ1n) is 4.33. The Morgan fingerprint density at radius 3 is 2.57 bits per heavy atom. The quantitative estimate of drug-likeness (QED) is 0.683. The Labute approximate surface area is 82.3 Å². The Morgan fingerprint density at radius 1 is 1.64 bits per heavy atom. The van der Waals surface area contributed by atoms with Crippen molar-refractivity contribution in [1.29, 1.82) is 0 Å². The van der Waals surface area contributed by atoms with E-state index in [-0.39, 0.29) is 0 Å². The van der Waals surface area contributed by atoms with E-state index in [0.717, 1.165) is 0 Å². The van der Waals surface area contributed by atoms with Gasteiger partial charge in [-0.1, -0.05) is 5.21 Å². The summed E-state index contributed by atoms with van der Waals surface area (Å²) in [5, 5.41) is 7.66. The molecule has 0 spiro atoms. The summed E-state index contributed by atoms with van der Waals surface area (Å²) >= 11 is 0. The molecule has 1 aromatic heterocycles. The van der Waals surface area contributed by atoms with Crippen LogP contribution in [0.15, 0.2) is 6.20 Å². The van der Waals surface area contributed by atoms with Gasteiger partial charge in [0, 0.05) is 0 Å². The van der Waals surface area contributed by atoms with Gasteiger partial charge in [-0.25, -0.2) is 4.68 Å². The van der Waals surface area contributed by atoms with Crippen LogP contribution in [0, 0.1) is 0 Å². The number of carbonyl (C=O) groups excluding carboxylic acids is 1. The normalized spacial score (nSPS) is 14.0. The first-order valence-corrected chi connectivity index (χ1v) is 4.33. The van der Waals surface area contributed by atoms with Crippen LogP contribution in [-0.4, -0.2) is 20.9 Å². The molecule has 1 rings (SSSR count). The standard InChI is InChI=1S/C8H15N5O/c1-5(7(9)14)13-4-6(11-12-13)8(2,3)10/h4-5H,10H2,1-3H3,(H2,9,14). The monoisotopic (exact) mass is 197 g/mol. The summed E-state index contributed by atoms with van der Waals surface area (Å²) in [4.78, 5) is 10.9. The van der Waals surface area contributed by atoms with Gasteiger partial charge in [-0.3, -0.25) is 4.79 Å². The molecule has 6 nitrogen and oxygen atoms in total. The van der Waals surface area contributed by atoms with Crippen molar-refractivity contribution in [3.8, 4) is 0 Å². The Hall–Kier alpha value is -1.43.